The molecular formula is C20H32N6O. The summed E-state index contributed by atoms with van der Waals surface area (Å²) in [5.74, 6) is 0.996. The molecule has 2 aromatic rings. The summed E-state index contributed by atoms with van der Waals surface area (Å²) in [6.07, 6.45) is 6.10. The number of carbonyl (C=O) groups excluding carboxylic acids is 1. The summed E-state index contributed by atoms with van der Waals surface area (Å²) in [4.78, 5) is 21.2. The molecule has 1 amide bonds. The van der Waals surface area contributed by atoms with Crippen LogP contribution < -0.4 is 10.6 Å². The lowest BCUT2D eigenvalue weighted by molar-refractivity contribution is -0.115. The van der Waals surface area contributed by atoms with Crippen LogP contribution in [0.15, 0.2) is 12.1 Å². The molecule has 0 bridgehead atoms. The molecule has 7 nitrogen and oxygen atoms in total. The smallest absolute Gasteiger partial charge is 0.252 e. The van der Waals surface area contributed by atoms with Gasteiger partial charge in [0.2, 0.25) is 5.91 Å². The highest BCUT2D eigenvalue weighted by Crippen LogP contribution is 2.18. The number of aryl methyl sites for hydroxylation is 3. The number of rotatable bonds is 5. The van der Waals surface area contributed by atoms with Crippen molar-refractivity contribution in [3.05, 3.63) is 29.2 Å². The fourth-order valence-electron chi connectivity index (χ4n) is 3.27. The second kappa shape index (κ2) is 10.2. The summed E-state index contributed by atoms with van der Waals surface area (Å²) in [7, 11) is 0. The van der Waals surface area contributed by atoms with Gasteiger partial charge in [-0.1, -0.05) is 33.1 Å². The van der Waals surface area contributed by atoms with Crippen LogP contribution in [-0.2, 0) is 4.79 Å². The predicted molar refractivity (Wildman–Crippen MR) is 108 cm³/mol. The van der Waals surface area contributed by atoms with Crippen molar-refractivity contribution in [1.82, 2.24) is 25.1 Å². The minimum atomic E-state index is -0.0731. The molecule has 148 valence electrons. The minimum absolute atomic E-state index is 0.0731. The molecule has 3 rings (SSSR count). The van der Waals surface area contributed by atoms with Gasteiger partial charge in [-0.2, -0.15) is 9.78 Å². The average Bonchev–Trinajstić information content (AvgIpc) is 3.02. The molecule has 0 aromatic carbocycles. The fourth-order valence-corrected chi connectivity index (χ4v) is 3.27. The molecule has 7 heteroatoms. The van der Waals surface area contributed by atoms with Crippen molar-refractivity contribution in [2.45, 2.75) is 72.8 Å². The number of hydrogen-bond acceptors (Lipinski definition) is 5. The molecule has 0 spiro atoms. The van der Waals surface area contributed by atoms with Crippen molar-refractivity contribution in [3.8, 4) is 5.95 Å². The van der Waals surface area contributed by atoms with Crippen LogP contribution in [0.4, 0.5) is 5.82 Å². The second-order valence-electron chi connectivity index (χ2n) is 6.80. The fraction of sp³-hybridized carbons (Fsp3) is 0.600. The van der Waals surface area contributed by atoms with E-state index < -0.39 is 0 Å². The number of anilines is 1. The van der Waals surface area contributed by atoms with Crippen LogP contribution in [-0.4, -0.2) is 38.2 Å². The highest BCUT2D eigenvalue weighted by atomic mass is 16.2. The van der Waals surface area contributed by atoms with Crippen molar-refractivity contribution in [3.63, 3.8) is 0 Å². The predicted octanol–water partition coefficient (Wildman–Crippen LogP) is 3.47. The largest absolute Gasteiger partial charge is 0.309 e. The third-order valence-electron chi connectivity index (χ3n) is 4.42. The van der Waals surface area contributed by atoms with Gasteiger partial charge < -0.3 is 10.6 Å². The summed E-state index contributed by atoms with van der Waals surface area (Å²) in [6, 6.07) is 4.19. The van der Waals surface area contributed by atoms with E-state index >= 15 is 0 Å². The summed E-state index contributed by atoms with van der Waals surface area (Å²) < 4.78 is 1.59. The van der Waals surface area contributed by atoms with Crippen LogP contribution in [0, 0.1) is 20.8 Å². The first-order valence-electron chi connectivity index (χ1n) is 9.94. The van der Waals surface area contributed by atoms with Gasteiger partial charge in [-0.15, -0.1) is 0 Å². The molecule has 2 aromatic heterocycles. The van der Waals surface area contributed by atoms with Crippen LogP contribution in [0.25, 0.3) is 5.95 Å². The SMILES string of the molecule is CC.Cc1cc(C)nc(-n2nc(C)cc2NC(=O)CNC2CCCCC2)n1. The lowest BCUT2D eigenvalue weighted by atomic mass is 9.95. The van der Waals surface area contributed by atoms with E-state index in [1.807, 2.05) is 46.8 Å². The van der Waals surface area contributed by atoms with Gasteiger partial charge in [-0.05, 0) is 39.7 Å². The first kappa shape index (κ1) is 21.0. The molecule has 1 fully saturated rings. The van der Waals surface area contributed by atoms with Crippen LogP contribution in [0.2, 0.25) is 0 Å². The highest BCUT2D eigenvalue weighted by molar-refractivity contribution is 5.91. The molecule has 0 aliphatic heterocycles. The zero-order valence-electron chi connectivity index (χ0n) is 17.2. The molecular weight excluding hydrogens is 340 g/mol. The van der Waals surface area contributed by atoms with E-state index in [4.69, 9.17) is 0 Å². The summed E-state index contributed by atoms with van der Waals surface area (Å²) in [6.45, 7) is 10.0. The van der Waals surface area contributed by atoms with Gasteiger partial charge >= 0.3 is 0 Å². The number of hydrogen-bond donors (Lipinski definition) is 2. The van der Waals surface area contributed by atoms with Gasteiger partial charge in [0.05, 0.1) is 12.2 Å². The van der Waals surface area contributed by atoms with E-state index in [-0.39, 0.29) is 5.91 Å². The zero-order valence-corrected chi connectivity index (χ0v) is 17.2. The Morgan fingerprint density at radius 1 is 1.04 bits per heavy atom. The minimum Gasteiger partial charge on any atom is -0.309 e. The molecule has 2 heterocycles. The maximum Gasteiger partial charge on any atom is 0.252 e. The van der Waals surface area contributed by atoms with E-state index in [2.05, 4.69) is 25.7 Å². The van der Waals surface area contributed by atoms with Crippen molar-refractivity contribution in [2.24, 2.45) is 0 Å². The molecule has 1 aliphatic rings. The Hall–Kier alpha value is -2.28. The monoisotopic (exact) mass is 372 g/mol. The summed E-state index contributed by atoms with van der Waals surface area (Å²) in [5.41, 5.74) is 2.54. The first-order valence-corrected chi connectivity index (χ1v) is 9.94. The molecule has 1 saturated carbocycles. The number of aromatic nitrogens is 4. The highest BCUT2D eigenvalue weighted by Gasteiger charge is 2.16. The molecule has 0 atom stereocenters. The van der Waals surface area contributed by atoms with E-state index in [1.165, 1.54) is 19.3 Å². The van der Waals surface area contributed by atoms with Gasteiger partial charge in [0.25, 0.3) is 5.95 Å². The van der Waals surface area contributed by atoms with Crippen molar-refractivity contribution in [2.75, 3.05) is 11.9 Å². The lowest BCUT2D eigenvalue weighted by Gasteiger charge is -2.22. The number of nitrogens with zero attached hydrogens (tertiary/aromatic N) is 4. The first-order chi connectivity index (χ1) is 13.0. The van der Waals surface area contributed by atoms with Crippen LogP contribution in [0.3, 0.4) is 0 Å². The van der Waals surface area contributed by atoms with Gasteiger partial charge in [-0.25, -0.2) is 9.97 Å². The van der Waals surface area contributed by atoms with Crippen LogP contribution in [0.1, 0.15) is 63.0 Å². The Balaban J connectivity index is 0.00000126. The third-order valence-corrected chi connectivity index (χ3v) is 4.42. The van der Waals surface area contributed by atoms with Crippen molar-refractivity contribution >= 4 is 11.7 Å². The molecule has 1 aliphatic carbocycles. The second-order valence-corrected chi connectivity index (χ2v) is 6.80. The Labute approximate surface area is 162 Å². The molecule has 27 heavy (non-hydrogen) atoms. The third kappa shape index (κ3) is 6.13. The van der Waals surface area contributed by atoms with Crippen LogP contribution >= 0.6 is 0 Å². The Kier molecular flexibility index (Phi) is 7.91. The molecule has 0 saturated heterocycles. The van der Waals surface area contributed by atoms with E-state index in [9.17, 15) is 4.79 Å². The van der Waals surface area contributed by atoms with Gasteiger partial charge in [0.1, 0.15) is 5.82 Å². The number of nitrogens with one attached hydrogen (secondary N) is 2. The Bertz CT molecular complexity index is 729. The van der Waals surface area contributed by atoms with E-state index in [1.54, 1.807) is 4.68 Å². The topological polar surface area (TPSA) is 84.7 Å². The van der Waals surface area contributed by atoms with Gasteiger partial charge in [0.15, 0.2) is 0 Å². The average molecular weight is 373 g/mol. The number of amides is 1. The quantitative estimate of drug-likeness (QED) is 0.839. The normalized spacial score (nSPS) is 14.4. The van der Waals surface area contributed by atoms with Gasteiger partial charge in [-0.3, -0.25) is 4.79 Å². The molecule has 0 unspecified atom stereocenters. The maximum absolute atomic E-state index is 12.3. The Morgan fingerprint density at radius 3 is 2.30 bits per heavy atom. The van der Waals surface area contributed by atoms with Gasteiger partial charge in [0, 0.05) is 23.5 Å². The summed E-state index contributed by atoms with van der Waals surface area (Å²) >= 11 is 0. The molecule has 2 N–H and O–H groups in total. The van der Waals surface area contributed by atoms with Crippen LogP contribution in [0.5, 0.6) is 0 Å². The van der Waals surface area contributed by atoms with E-state index in [0.717, 1.165) is 29.9 Å². The number of carbonyl (C=O) groups is 1. The van der Waals surface area contributed by atoms with Crippen molar-refractivity contribution < 1.29 is 4.79 Å². The Morgan fingerprint density at radius 2 is 1.67 bits per heavy atom. The standard InChI is InChI=1S/C18H26N6O.C2H6/c1-12-9-13(2)21-18(20-12)24-16(10-14(3)23-24)22-17(25)11-19-15-7-5-4-6-8-15;1-2/h9-10,15,19H,4-8,11H2,1-3H3,(H,22,25);1-2H3. The van der Waals surface area contributed by atoms with Crippen molar-refractivity contribution in [1.29, 1.82) is 0 Å². The maximum atomic E-state index is 12.3. The van der Waals surface area contributed by atoms with E-state index in [0.29, 0.717) is 24.4 Å². The zero-order chi connectivity index (χ0) is 19.8. The lowest BCUT2D eigenvalue weighted by Crippen LogP contribution is -2.37. The summed E-state index contributed by atoms with van der Waals surface area (Å²) in [5, 5.41) is 10.7. The molecule has 0 radical (unpaired) electrons.